The molecule has 0 bridgehead atoms. The topological polar surface area (TPSA) is 92.0 Å². The molecule has 0 aromatic carbocycles. The third-order valence-corrected chi connectivity index (χ3v) is 4.49. The van der Waals surface area contributed by atoms with Gasteiger partial charge in [-0.3, -0.25) is 4.79 Å². The summed E-state index contributed by atoms with van der Waals surface area (Å²) in [6, 6.07) is 0. The minimum Gasteiger partial charge on any atom is -0.381 e. The van der Waals surface area contributed by atoms with Gasteiger partial charge < -0.3 is 24.8 Å². The molecule has 1 amide bonds. The molecule has 1 aromatic rings. The molecule has 146 valence electrons. The highest BCUT2D eigenvalue weighted by Gasteiger charge is 2.17. The summed E-state index contributed by atoms with van der Waals surface area (Å²) in [4.78, 5) is 18.1. The smallest absolute Gasteiger partial charge is 0.241 e. The third-order valence-electron chi connectivity index (χ3n) is 4.49. The number of aromatic nitrogens is 1. The van der Waals surface area contributed by atoms with E-state index in [0.29, 0.717) is 18.4 Å². The van der Waals surface area contributed by atoms with Crippen molar-refractivity contribution in [2.75, 3.05) is 40.4 Å². The van der Waals surface area contributed by atoms with E-state index >= 15 is 0 Å². The van der Waals surface area contributed by atoms with E-state index in [4.69, 9.17) is 9.26 Å². The van der Waals surface area contributed by atoms with Crippen LogP contribution in [-0.2, 0) is 28.9 Å². The molecular weight excluding hydrogens is 334 g/mol. The molecule has 0 spiro atoms. The molecule has 1 aliphatic rings. The lowest BCUT2D eigenvalue weighted by Crippen LogP contribution is -2.44. The van der Waals surface area contributed by atoms with E-state index in [-0.39, 0.29) is 12.5 Å². The van der Waals surface area contributed by atoms with Gasteiger partial charge in [0.05, 0.1) is 25.4 Å². The first-order valence-electron chi connectivity index (χ1n) is 9.31. The number of rotatable bonds is 8. The number of amides is 1. The quantitative estimate of drug-likeness (QED) is 0.527. The SMILES string of the molecule is CCc1noc(CC)c1CN=C(NCC(=O)N(C)C)NCC1CCOC1. The van der Waals surface area contributed by atoms with Crippen LogP contribution in [0.1, 0.15) is 37.3 Å². The number of hydrogen-bond acceptors (Lipinski definition) is 5. The fraction of sp³-hybridized carbons (Fsp3) is 0.722. The van der Waals surface area contributed by atoms with Gasteiger partial charge >= 0.3 is 0 Å². The maximum absolute atomic E-state index is 11.9. The molecule has 0 radical (unpaired) electrons. The van der Waals surface area contributed by atoms with Crippen LogP contribution in [-0.4, -0.2) is 62.3 Å². The number of nitrogens with one attached hydrogen (secondary N) is 2. The Morgan fingerprint density at radius 2 is 2.12 bits per heavy atom. The van der Waals surface area contributed by atoms with Gasteiger partial charge in [-0.25, -0.2) is 4.99 Å². The van der Waals surface area contributed by atoms with Crippen molar-refractivity contribution in [1.29, 1.82) is 0 Å². The molecule has 1 unspecified atom stereocenters. The number of likely N-dealkylation sites (N-methyl/N-ethyl adjacent to an activating group) is 1. The lowest BCUT2D eigenvalue weighted by atomic mass is 10.1. The second kappa shape index (κ2) is 10.2. The molecule has 1 aliphatic heterocycles. The molecule has 1 atom stereocenters. The zero-order chi connectivity index (χ0) is 18.9. The Hall–Kier alpha value is -2.09. The van der Waals surface area contributed by atoms with Crippen molar-refractivity contribution in [3.05, 3.63) is 17.0 Å². The van der Waals surface area contributed by atoms with E-state index < -0.39 is 0 Å². The zero-order valence-corrected chi connectivity index (χ0v) is 16.3. The number of aliphatic imine (C=N–C) groups is 1. The highest BCUT2D eigenvalue weighted by Crippen LogP contribution is 2.17. The van der Waals surface area contributed by atoms with E-state index in [1.54, 1.807) is 19.0 Å². The first-order valence-corrected chi connectivity index (χ1v) is 9.31. The molecule has 1 aromatic heterocycles. The van der Waals surface area contributed by atoms with Crippen LogP contribution < -0.4 is 10.6 Å². The summed E-state index contributed by atoms with van der Waals surface area (Å²) >= 11 is 0. The molecule has 0 aliphatic carbocycles. The van der Waals surface area contributed by atoms with E-state index in [2.05, 4.69) is 27.7 Å². The molecule has 2 rings (SSSR count). The number of hydrogen-bond donors (Lipinski definition) is 2. The minimum atomic E-state index is -0.00262. The molecule has 1 fully saturated rings. The van der Waals surface area contributed by atoms with Crippen LogP contribution in [0.3, 0.4) is 0 Å². The lowest BCUT2D eigenvalue weighted by molar-refractivity contribution is -0.127. The first-order chi connectivity index (χ1) is 12.5. The number of guanidine groups is 1. The fourth-order valence-electron chi connectivity index (χ4n) is 2.75. The van der Waals surface area contributed by atoms with Crippen molar-refractivity contribution in [1.82, 2.24) is 20.7 Å². The van der Waals surface area contributed by atoms with Crippen LogP contribution in [0.2, 0.25) is 0 Å². The summed E-state index contributed by atoms with van der Waals surface area (Å²) in [6.07, 6.45) is 2.64. The van der Waals surface area contributed by atoms with E-state index in [1.807, 2.05) is 6.92 Å². The molecule has 2 heterocycles. The fourth-order valence-corrected chi connectivity index (χ4v) is 2.75. The number of nitrogens with zero attached hydrogens (tertiary/aromatic N) is 3. The van der Waals surface area contributed by atoms with Crippen LogP contribution in [0.15, 0.2) is 9.52 Å². The van der Waals surface area contributed by atoms with Gasteiger partial charge in [0.25, 0.3) is 0 Å². The van der Waals surface area contributed by atoms with Gasteiger partial charge in [0.1, 0.15) is 5.76 Å². The zero-order valence-electron chi connectivity index (χ0n) is 16.3. The second-order valence-electron chi connectivity index (χ2n) is 6.66. The average molecular weight is 365 g/mol. The van der Waals surface area contributed by atoms with Crippen LogP contribution in [0.4, 0.5) is 0 Å². The van der Waals surface area contributed by atoms with Gasteiger partial charge in [0, 0.05) is 45.1 Å². The standard InChI is InChI=1S/C18H31N5O3/c1-5-15-14(16(6-2)26-22-15)10-20-18(21-11-17(24)23(3)4)19-9-13-7-8-25-12-13/h13H,5-12H2,1-4H3,(H2,19,20,21). The van der Waals surface area contributed by atoms with E-state index in [1.165, 1.54) is 0 Å². The second-order valence-corrected chi connectivity index (χ2v) is 6.66. The molecule has 0 saturated carbocycles. The molecular formula is C18H31N5O3. The Bertz CT molecular complexity index is 584. The van der Waals surface area contributed by atoms with Crippen LogP contribution >= 0.6 is 0 Å². The van der Waals surface area contributed by atoms with Gasteiger partial charge in [-0.2, -0.15) is 0 Å². The molecule has 8 nitrogen and oxygen atoms in total. The maximum atomic E-state index is 11.9. The number of carbonyl (C=O) groups is 1. The summed E-state index contributed by atoms with van der Waals surface area (Å²) in [5.74, 6) is 1.97. The largest absolute Gasteiger partial charge is 0.381 e. The highest BCUT2D eigenvalue weighted by atomic mass is 16.5. The summed E-state index contributed by atoms with van der Waals surface area (Å²) < 4.78 is 10.8. The Kier molecular flexibility index (Phi) is 7.90. The van der Waals surface area contributed by atoms with Crippen molar-refractivity contribution < 1.29 is 14.1 Å². The van der Waals surface area contributed by atoms with Crippen LogP contribution in [0, 0.1) is 5.92 Å². The van der Waals surface area contributed by atoms with E-state index in [9.17, 15) is 4.79 Å². The summed E-state index contributed by atoms with van der Waals surface area (Å²) in [7, 11) is 3.48. The van der Waals surface area contributed by atoms with Crippen molar-refractivity contribution >= 4 is 11.9 Å². The van der Waals surface area contributed by atoms with Gasteiger partial charge in [-0.05, 0) is 12.8 Å². The minimum absolute atomic E-state index is 0.00262. The van der Waals surface area contributed by atoms with Crippen molar-refractivity contribution in [2.24, 2.45) is 10.9 Å². The Morgan fingerprint density at radius 1 is 1.31 bits per heavy atom. The van der Waals surface area contributed by atoms with Crippen LogP contribution in [0.5, 0.6) is 0 Å². The highest BCUT2D eigenvalue weighted by molar-refractivity contribution is 5.86. The van der Waals surface area contributed by atoms with Gasteiger partial charge in [-0.1, -0.05) is 19.0 Å². The maximum Gasteiger partial charge on any atom is 0.241 e. The van der Waals surface area contributed by atoms with Crippen LogP contribution in [0.25, 0.3) is 0 Å². The van der Waals surface area contributed by atoms with E-state index in [0.717, 1.165) is 56.0 Å². The molecule has 1 saturated heterocycles. The first kappa shape index (κ1) is 20.2. The van der Waals surface area contributed by atoms with Gasteiger partial charge in [-0.15, -0.1) is 0 Å². The lowest BCUT2D eigenvalue weighted by Gasteiger charge is -2.16. The summed E-state index contributed by atoms with van der Waals surface area (Å²) in [5, 5.41) is 10.6. The van der Waals surface area contributed by atoms with Crippen molar-refractivity contribution in [2.45, 2.75) is 39.7 Å². The predicted molar refractivity (Wildman–Crippen MR) is 100 cm³/mol. The Morgan fingerprint density at radius 3 is 2.73 bits per heavy atom. The third kappa shape index (κ3) is 5.72. The molecule has 2 N–H and O–H groups in total. The summed E-state index contributed by atoms with van der Waals surface area (Å²) in [5.41, 5.74) is 1.98. The summed E-state index contributed by atoms with van der Waals surface area (Å²) in [6.45, 7) is 7.12. The van der Waals surface area contributed by atoms with Gasteiger partial charge in [0.2, 0.25) is 5.91 Å². The monoisotopic (exact) mass is 365 g/mol. The normalized spacial score (nSPS) is 17.4. The molecule has 26 heavy (non-hydrogen) atoms. The van der Waals surface area contributed by atoms with Gasteiger partial charge in [0.15, 0.2) is 5.96 Å². The molecule has 8 heteroatoms. The Balaban J connectivity index is 2.04. The Labute approximate surface area is 155 Å². The predicted octanol–water partition coefficient (Wildman–Crippen LogP) is 0.959. The number of carbonyl (C=O) groups excluding carboxylic acids is 1. The average Bonchev–Trinajstić information content (AvgIpc) is 3.29. The number of aryl methyl sites for hydroxylation is 2. The number of ether oxygens (including phenoxy) is 1. The van der Waals surface area contributed by atoms with Crippen molar-refractivity contribution in [3.63, 3.8) is 0 Å². The van der Waals surface area contributed by atoms with Crippen molar-refractivity contribution in [3.8, 4) is 0 Å².